The summed E-state index contributed by atoms with van der Waals surface area (Å²) >= 11 is 0. The molecular weight excluding hydrogens is 316 g/mol. The molecule has 2 aromatic rings. The Kier molecular flexibility index (Phi) is 4.69. The first-order valence-electron chi connectivity index (χ1n) is 7.38. The van der Waals surface area contributed by atoms with Crippen LogP contribution in [-0.4, -0.2) is 29.9 Å². The molecule has 0 bridgehead atoms. The first kappa shape index (κ1) is 15.9. The van der Waals surface area contributed by atoms with E-state index in [9.17, 15) is 13.6 Å². The lowest BCUT2D eigenvalue weighted by Crippen LogP contribution is -2.28. The number of amides is 2. The minimum atomic E-state index is -2.88. The number of nitrogens with zero attached hydrogens (tertiary/aromatic N) is 2. The number of para-hydroxylation sites is 1. The van der Waals surface area contributed by atoms with Crippen LogP contribution in [-0.2, 0) is 0 Å². The average molecular weight is 331 g/mol. The van der Waals surface area contributed by atoms with Gasteiger partial charge in [0.1, 0.15) is 5.75 Å². The molecule has 3 rings (SSSR count). The molecule has 1 aliphatic heterocycles. The lowest BCUT2D eigenvalue weighted by molar-refractivity contribution is -0.0498. The molecule has 0 spiro atoms. The molecule has 1 aliphatic rings. The summed E-state index contributed by atoms with van der Waals surface area (Å²) in [6.45, 7) is -2.45. The number of ether oxygens (including phenoxy) is 1. The van der Waals surface area contributed by atoms with Crippen LogP contribution in [0.5, 0.6) is 5.75 Å². The molecule has 0 aromatic heterocycles. The zero-order valence-corrected chi connectivity index (χ0v) is 12.7. The molecule has 24 heavy (non-hydrogen) atoms. The summed E-state index contributed by atoms with van der Waals surface area (Å²) in [5, 5.41) is 8.34. The normalized spacial score (nSPS) is 13.8. The van der Waals surface area contributed by atoms with E-state index in [4.69, 9.17) is 0 Å². The summed E-state index contributed by atoms with van der Waals surface area (Å²) in [7, 11) is 0. The summed E-state index contributed by atoms with van der Waals surface area (Å²) in [6.07, 6.45) is 0.542. The van der Waals surface area contributed by atoms with Crippen molar-refractivity contribution in [2.75, 3.05) is 11.9 Å². The fraction of sp³-hybridized carbons (Fsp3) is 0.176. The van der Waals surface area contributed by atoms with Crippen molar-refractivity contribution in [1.29, 1.82) is 0 Å². The summed E-state index contributed by atoms with van der Waals surface area (Å²) in [5.41, 5.74) is 1.99. The van der Waals surface area contributed by atoms with Crippen molar-refractivity contribution in [2.45, 2.75) is 13.0 Å². The van der Waals surface area contributed by atoms with Gasteiger partial charge in [0.2, 0.25) is 0 Å². The Hall–Kier alpha value is -2.96. The largest absolute Gasteiger partial charge is 0.435 e. The quantitative estimate of drug-likeness (QED) is 0.923. The van der Waals surface area contributed by atoms with Crippen molar-refractivity contribution < 1.29 is 18.3 Å². The molecule has 0 saturated heterocycles. The van der Waals surface area contributed by atoms with E-state index in [1.54, 1.807) is 24.3 Å². The van der Waals surface area contributed by atoms with Crippen LogP contribution in [0.25, 0.3) is 0 Å². The van der Waals surface area contributed by atoms with E-state index in [1.807, 2.05) is 18.2 Å². The molecule has 1 N–H and O–H groups in total. The number of nitrogens with one attached hydrogen (secondary N) is 1. The van der Waals surface area contributed by atoms with Crippen LogP contribution in [0.3, 0.4) is 0 Å². The molecular formula is C17H15F2N3O2. The number of hydrazone groups is 1. The highest BCUT2D eigenvalue weighted by atomic mass is 19.3. The molecule has 0 saturated carbocycles. The standard InChI is InChI=1S/C17H15F2N3O2/c18-16(19)24-14-8-4-5-12(11-14)15-9-10-22(21-15)17(23)20-13-6-2-1-3-7-13/h1-8,11,16H,9-10H2,(H,20,23). The summed E-state index contributed by atoms with van der Waals surface area (Å²) in [4.78, 5) is 12.2. The Morgan fingerprint density at radius 2 is 1.96 bits per heavy atom. The molecule has 2 amide bonds. The van der Waals surface area contributed by atoms with E-state index in [1.165, 1.54) is 17.1 Å². The lowest BCUT2D eigenvalue weighted by Gasteiger charge is -2.12. The Bertz CT molecular complexity index is 751. The first-order valence-corrected chi connectivity index (χ1v) is 7.38. The van der Waals surface area contributed by atoms with Crippen molar-refractivity contribution in [3.63, 3.8) is 0 Å². The second kappa shape index (κ2) is 7.08. The number of rotatable bonds is 4. The minimum absolute atomic E-state index is 0.0670. The molecule has 0 fully saturated rings. The van der Waals surface area contributed by atoms with Gasteiger partial charge in [-0.25, -0.2) is 9.80 Å². The highest BCUT2D eigenvalue weighted by molar-refractivity contribution is 6.03. The predicted octanol–water partition coefficient (Wildman–Crippen LogP) is 3.93. The molecule has 7 heteroatoms. The zero-order valence-electron chi connectivity index (χ0n) is 12.7. The Morgan fingerprint density at radius 3 is 2.71 bits per heavy atom. The van der Waals surface area contributed by atoms with Crippen LogP contribution in [0.1, 0.15) is 12.0 Å². The van der Waals surface area contributed by atoms with E-state index < -0.39 is 6.61 Å². The molecule has 0 aliphatic carbocycles. The second-order valence-electron chi connectivity index (χ2n) is 5.12. The van der Waals surface area contributed by atoms with Gasteiger partial charge in [-0.2, -0.15) is 13.9 Å². The van der Waals surface area contributed by atoms with Crippen LogP contribution < -0.4 is 10.1 Å². The van der Waals surface area contributed by atoms with Crippen molar-refractivity contribution in [3.05, 3.63) is 60.2 Å². The number of benzene rings is 2. The van der Waals surface area contributed by atoms with E-state index in [-0.39, 0.29) is 11.8 Å². The second-order valence-corrected chi connectivity index (χ2v) is 5.12. The highest BCUT2D eigenvalue weighted by Crippen LogP contribution is 2.20. The molecule has 0 radical (unpaired) electrons. The summed E-state index contributed by atoms with van der Waals surface area (Å²) < 4.78 is 29.0. The van der Waals surface area contributed by atoms with Gasteiger partial charge in [0.05, 0.1) is 12.3 Å². The zero-order chi connectivity index (χ0) is 16.9. The van der Waals surface area contributed by atoms with E-state index in [0.29, 0.717) is 29.9 Å². The van der Waals surface area contributed by atoms with Crippen LogP contribution in [0.2, 0.25) is 0 Å². The third kappa shape index (κ3) is 3.87. The van der Waals surface area contributed by atoms with Crippen molar-refractivity contribution >= 4 is 17.4 Å². The van der Waals surface area contributed by atoms with Gasteiger partial charge in [0.25, 0.3) is 0 Å². The van der Waals surface area contributed by atoms with Gasteiger partial charge in [0.15, 0.2) is 0 Å². The number of carbonyl (C=O) groups excluding carboxylic acids is 1. The highest BCUT2D eigenvalue weighted by Gasteiger charge is 2.22. The predicted molar refractivity (Wildman–Crippen MR) is 86.4 cm³/mol. The number of anilines is 1. The number of hydrogen-bond acceptors (Lipinski definition) is 3. The van der Waals surface area contributed by atoms with Crippen molar-refractivity contribution in [1.82, 2.24) is 5.01 Å². The fourth-order valence-corrected chi connectivity index (χ4v) is 2.37. The minimum Gasteiger partial charge on any atom is -0.435 e. The topological polar surface area (TPSA) is 53.9 Å². The van der Waals surface area contributed by atoms with E-state index in [0.717, 1.165) is 0 Å². The molecule has 124 valence electrons. The molecule has 0 unspecified atom stereocenters. The summed E-state index contributed by atoms with van der Waals surface area (Å²) in [5.74, 6) is 0.0670. The Balaban J connectivity index is 1.70. The Morgan fingerprint density at radius 1 is 1.17 bits per heavy atom. The molecule has 1 heterocycles. The van der Waals surface area contributed by atoms with Gasteiger partial charge in [-0.1, -0.05) is 30.3 Å². The smallest absolute Gasteiger partial charge is 0.387 e. The van der Waals surface area contributed by atoms with Crippen LogP contribution >= 0.6 is 0 Å². The maximum Gasteiger partial charge on any atom is 0.387 e. The van der Waals surface area contributed by atoms with Gasteiger partial charge in [-0.15, -0.1) is 0 Å². The number of hydrogen-bond donors (Lipinski definition) is 1. The SMILES string of the molecule is O=C(Nc1ccccc1)N1CCC(c2cccc(OC(F)F)c2)=N1. The van der Waals surface area contributed by atoms with Crippen molar-refractivity contribution in [3.8, 4) is 5.75 Å². The van der Waals surface area contributed by atoms with E-state index >= 15 is 0 Å². The van der Waals surface area contributed by atoms with E-state index in [2.05, 4.69) is 15.2 Å². The molecule has 0 atom stereocenters. The number of carbonyl (C=O) groups is 1. The fourth-order valence-electron chi connectivity index (χ4n) is 2.37. The molecule has 5 nitrogen and oxygen atoms in total. The third-order valence-electron chi connectivity index (χ3n) is 3.45. The number of alkyl halides is 2. The Labute approximate surface area is 137 Å². The number of urea groups is 1. The van der Waals surface area contributed by atoms with Gasteiger partial charge in [0, 0.05) is 17.7 Å². The number of halogens is 2. The molecule has 2 aromatic carbocycles. The van der Waals surface area contributed by atoms with Gasteiger partial charge >= 0.3 is 12.6 Å². The third-order valence-corrected chi connectivity index (χ3v) is 3.45. The monoisotopic (exact) mass is 331 g/mol. The maximum atomic E-state index is 12.3. The van der Waals surface area contributed by atoms with Gasteiger partial charge < -0.3 is 10.1 Å². The maximum absolute atomic E-state index is 12.3. The van der Waals surface area contributed by atoms with Gasteiger partial charge in [-0.3, -0.25) is 0 Å². The van der Waals surface area contributed by atoms with Crippen LogP contribution in [0.4, 0.5) is 19.3 Å². The van der Waals surface area contributed by atoms with Crippen LogP contribution in [0, 0.1) is 0 Å². The first-order chi connectivity index (χ1) is 11.6. The summed E-state index contributed by atoms with van der Waals surface area (Å²) in [6, 6.07) is 15.0. The van der Waals surface area contributed by atoms with Crippen molar-refractivity contribution in [2.24, 2.45) is 5.10 Å². The van der Waals surface area contributed by atoms with Gasteiger partial charge in [-0.05, 0) is 24.3 Å². The lowest BCUT2D eigenvalue weighted by atomic mass is 10.1. The van der Waals surface area contributed by atoms with Crippen LogP contribution in [0.15, 0.2) is 59.7 Å². The average Bonchev–Trinajstić information content (AvgIpc) is 3.05.